The lowest BCUT2D eigenvalue weighted by Crippen LogP contribution is -2.28. The van der Waals surface area contributed by atoms with Gasteiger partial charge in [0.15, 0.2) is 4.77 Å². The molecule has 2 atom stereocenters. The summed E-state index contributed by atoms with van der Waals surface area (Å²) in [4.78, 5) is 12.2. The van der Waals surface area contributed by atoms with Crippen LogP contribution in [0.5, 0.6) is 5.75 Å². The third-order valence-corrected chi connectivity index (χ3v) is 4.54. The van der Waals surface area contributed by atoms with E-state index in [0.29, 0.717) is 17.7 Å². The largest absolute Gasteiger partial charge is 0.508 e. The minimum absolute atomic E-state index is 0.00352. The van der Waals surface area contributed by atoms with Crippen LogP contribution in [0.15, 0.2) is 24.3 Å². The quantitative estimate of drug-likeness (QED) is 0.708. The summed E-state index contributed by atoms with van der Waals surface area (Å²) in [5.74, 6) is 1.39. The average molecular weight is 332 g/mol. The second-order valence-corrected chi connectivity index (χ2v) is 6.16. The number of nitrogens with zero attached hydrogens (tertiary/aromatic N) is 2. The van der Waals surface area contributed by atoms with Crippen molar-refractivity contribution in [2.75, 3.05) is 6.54 Å². The zero-order chi connectivity index (χ0) is 16.4. The number of H-pyrrole nitrogens is 1. The van der Waals surface area contributed by atoms with Crippen LogP contribution in [-0.4, -0.2) is 32.3 Å². The van der Waals surface area contributed by atoms with Crippen LogP contribution >= 0.6 is 12.2 Å². The lowest BCUT2D eigenvalue weighted by molar-refractivity contribution is -0.122. The molecule has 1 saturated carbocycles. The number of aromatic nitrogens is 3. The summed E-state index contributed by atoms with van der Waals surface area (Å²) in [6.07, 6.45) is 1.49. The fourth-order valence-corrected chi connectivity index (χ4v) is 3.18. The van der Waals surface area contributed by atoms with E-state index >= 15 is 0 Å². The van der Waals surface area contributed by atoms with Crippen LogP contribution in [0.4, 0.5) is 0 Å². The third-order valence-electron chi connectivity index (χ3n) is 4.23. The highest BCUT2D eigenvalue weighted by atomic mass is 32.1. The van der Waals surface area contributed by atoms with Crippen molar-refractivity contribution in [1.82, 2.24) is 20.1 Å². The number of aromatic amines is 1. The number of hydrogen-bond donors (Lipinski definition) is 3. The van der Waals surface area contributed by atoms with Crippen molar-refractivity contribution in [3.05, 3.63) is 40.4 Å². The number of nitrogens with one attached hydrogen (secondary N) is 2. The second kappa shape index (κ2) is 6.54. The van der Waals surface area contributed by atoms with Gasteiger partial charge >= 0.3 is 0 Å². The van der Waals surface area contributed by atoms with Crippen LogP contribution in [0.1, 0.15) is 30.7 Å². The van der Waals surface area contributed by atoms with Gasteiger partial charge in [-0.1, -0.05) is 12.1 Å². The second-order valence-electron chi connectivity index (χ2n) is 5.77. The van der Waals surface area contributed by atoms with Gasteiger partial charge in [-0.2, -0.15) is 5.10 Å². The Kier molecular flexibility index (Phi) is 4.47. The van der Waals surface area contributed by atoms with Gasteiger partial charge in [-0.05, 0) is 49.2 Å². The fraction of sp³-hybridized carbons (Fsp3) is 0.438. The SMILES string of the molecule is CCn1c(CCNC(=O)C2CC2c2cccc(O)c2)n[nH]c1=S. The first kappa shape index (κ1) is 15.7. The maximum Gasteiger partial charge on any atom is 0.223 e. The fourth-order valence-electron chi connectivity index (χ4n) is 2.90. The first-order valence-electron chi connectivity index (χ1n) is 7.81. The highest BCUT2D eigenvalue weighted by Gasteiger charge is 2.43. The molecule has 0 bridgehead atoms. The van der Waals surface area contributed by atoms with Gasteiger partial charge in [0.1, 0.15) is 11.6 Å². The van der Waals surface area contributed by atoms with Gasteiger partial charge in [0.2, 0.25) is 5.91 Å². The summed E-state index contributed by atoms with van der Waals surface area (Å²) >= 11 is 5.14. The molecule has 0 radical (unpaired) electrons. The number of benzene rings is 1. The molecule has 0 aliphatic heterocycles. The van der Waals surface area contributed by atoms with Crippen molar-refractivity contribution in [2.45, 2.75) is 32.2 Å². The molecule has 2 aromatic rings. The van der Waals surface area contributed by atoms with E-state index in [-0.39, 0.29) is 23.5 Å². The molecule has 1 aliphatic carbocycles. The number of phenolic OH excluding ortho intramolecular Hbond substituents is 1. The molecule has 7 heteroatoms. The summed E-state index contributed by atoms with van der Waals surface area (Å²) in [7, 11) is 0. The molecule has 1 amide bonds. The standard InChI is InChI=1S/C16H20N4O2S/c1-2-20-14(18-19-16(20)23)6-7-17-15(22)13-9-12(13)10-4-3-5-11(21)8-10/h3-5,8,12-13,21H,2,6-7,9H2,1H3,(H,17,22)(H,19,23). The van der Waals surface area contributed by atoms with E-state index in [1.165, 1.54) is 0 Å². The molecular formula is C16H20N4O2S. The van der Waals surface area contributed by atoms with Crippen molar-refractivity contribution >= 4 is 18.1 Å². The van der Waals surface area contributed by atoms with E-state index in [9.17, 15) is 9.90 Å². The Balaban J connectivity index is 1.50. The number of rotatable bonds is 6. The summed E-state index contributed by atoms with van der Waals surface area (Å²) in [5, 5.41) is 19.4. The van der Waals surface area contributed by atoms with E-state index in [4.69, 9.17) is 12.2 Å². The highest BCUT2D eigenvalue weighted by Crippen LogP contribution is 2.48. The smallest absolute Gasteiger partial charge is 0.223 e. The minimum Gasteiger partial charge on any atom is -0.508 e. The maximum absolute atomic E-state index is 12.2. The van der Waals surface area contributed by atoms with Gasteiger partial charge < -0.3 is 15.0 Å². The Morgan fingerprint density at radius 2 is 2.39 bits per heavy atom. The van der Waals surface area contributed by atoms with E-state index in [1.54, 1.807) is 12.1 Å². The predicted octanol–water partition coefficient (Wildman–Crippen LogP) is 2.13. The van der Waals surface area contributed by atoms with Gasteiger partial charge in [-0.3, -0.25) is 9.89 Å². The zero-order valence-corrected chi connectivity index (χ0v) is 13.8. The average Bonchev–Trinajstić information content (AvgIpc) is 3.26. The molecule has 122 valence electrons. The first-order chi connectivity index (χ1) is 11.1. The van der Waals surface area contributed by atoms with Crippen molar-refractivity contribution in [2.24, 2.45) is 5.92 Å². The maximum atomic E-state index is 12.2. The van der Waals surface area contributed by atoms with Crippen LogP contribution in [0.2, 0.25) is 0 Å². The molecule has 3 N–H and O–H groups in total. The Hall–Kier alpha value is -2.15. The summed E-state index contributed by atoms with van der Waals surface area (Å²) in [5.41, 5.74) is 1.03. The van der Waals surface area contributed by atoms with Gasteiger partial charge in [0.05, 0.1) is 0 Å². The lowest BCUT2D eigenvalue weighted by Gasteiger charge is -2.06. The Bertz CT molecular complexity index is 767. The van der Waals surface area contributed by atoms with Crippen molar-refractivity contribution in [3.63, 3.8) is 0 Å². The summed E-state index contributed by atoms with van der Waals surface area (Å²) < 4.78 is 2.54. The lowest BCUT2D eigenvalue weighted by atomic mass is 10.1. The number of carbonyl (C=O) groups excluding carboxylic acids is 1. The molecule has 3 rings (SSSR count). The van der Waals surface area contributed by atoms with Gasteiger partial charge in [-0.25, -0.2) is 0 Å². The summed E-state index contributed by atoms with van der Waals surface area (Å²) in [6, 6.07) is 7.14. The number of aromatic hydroxyl groups is 1. The van der Waals surface area contributed by atoms with E-state index < -0.39 is 0 Å². The Morgan fingerprint density at radius 1 is 1.57 bits per heavy atom. The van der Waals surface area contributed by atoms with Crippen LogP contribution in [0, 0.1) is 10.7 Å². The van der Waals surface area contributed by atoms with Crippen LogP contribution in [0.25, 0.3) is 0 Å². The Labute approximate surface area is 139 Å². The van der Waals surface area contributed by atoms with Gasteiger partial charge in [-0.15, -0.1) is 0 Å². The van der Waals surface area contributed by atoms with Gasteiger partial charge in [0, 0.05) is 25.4 Å². The molecule has 1 aromatic heterocycles. The first-order valence-corrected chi connectivity index (χ1v) is 8.21. The van der Waals surface area contributed by atoms with Crippen molar-refractivity contribution < 1.29 is 9.90 Å². The van der Waals surface area contributed by atoms with E-state index in [1.807, 2.05) is 23.6 Å². The molecular weight excluding hydrogens is 312 g/mol. The van der Waals surface area contributed by atoms with Gasteiger partial charge in [0.25, 0.3) is 0 Å². The van der Waals surface area contributed by atoms with Crippen molar-refractivity contribution in [1.29, 1.82) is 0 Å². The molecule has 0 spiro atoms. The molecule has 23 heavy (non-hydrogen) atoms. The number of carbonyl (C=O) groups is 1. The molecule has 6 nitrogen and oxygen atoms in total. The Morgan fingerprint density at radius 3 is 3.13 bits per heavy atom. The van der Waals surface area contributed by atoms with Crippen LogP contribution < -0.4 is 5.32 Å². The highest BCUT2D eigenvalue weighted by molar-refractivity contribution is 7.71. The van der Waals surface area contributed by atoms with Crippen LogP contribution in [0.3, 0.4) is 0 Å². The number of hydrogen-bond acceptors (Lipinski definition) is 4. The monoisotopic (exact) mass is 332 g/mol. The summed E-state index contributed by atoms with van der Waals surface area (Å²) in [6.45, 7) is 3.32. The predicted molar refractivity (Wildman–Crippen MR) is 88.8 cm³/mol. The normalized spacial score (nSPS) is 19.5. The minimum atomic E-state index is 0.00352. The van der Waals surface area contributed by atoms with E-state index in [0.717, 1.165) is 24.4 Å². The third kappa shape index (κ3) is 3.44. The molecule has 2 unspecified atom stereocenters. The van der Waals surface area contributed by atoms with Crippen molar-refractivity contribution in [3.8, 4) is 5.75 Å². The van der Waals surface area contributed by atoms with Crippen LogP contribution in [-0.2, 0) is 17.8 Å². The number of amides is 1. The molecule has 0 saturated heterocycles. The topological polar surface area (TPSA) is 82.9 Å². The molecule has 1 fully saturated rings. The number of phenols is 1. The van der Waals surface area contributed by atoms with E-state index in [2.05, 4.69) is 15.5 Å². The molecule has 1 aromatic carbocycles. The molecule has 1 heterocycles. The zero-order valence-electron chi connectivity index (χ0n) is 13.0. The molecule has 1 aliphatic rings.